The zero-order valence-electron chi connectivity index (χ0n) is 13.4. The molecule has 0 radical (unpaired) electrons. The van der Waals surface area contributed by atoms with Gasteiger partial charge in [0, 0.05) is 19.2 Å². The molecule has 5 nitrogen and oxygen atoms in total. The Labute approximate surface area is 136 Å². The number of rotatable bonds is 1. The Balaban J connectivity index is 0.000000220. The van der Waals surface area contributed by atoms with Gasteiger partial charge in [-0.2, -0.15) is 0 Å². The van der Waals surface area contributed by atoms with Crippen molar-refractivity contribution in [2.75, 3.05) is 44.3 Å². The molecular formula is C18H24N2O3. The molecule has 2 aliphatic heterocycles. The maximum atomic E-state index is 11.9. The lowest BCUT2D eigenvalue weighted by Crippen LogP contribution is -2.36. The molecule has 1 aromatic heterocycles. The molecule has 1 N–H and O–H groups in total. The van der Waals surface area contributed by atoms with Crippen LogP contribution in [0.4, 0.5) is 5.88 Å². The minimum absolute atomic E-state index is 0.00772. The second-order valence-electron chi connectivity index (χ2n) is 5.86. The van der Waals surface area contributed by atoms with Crippen molar-refractivity contribution in [3.8, 4) is 0 Å². The maximum Gasteiger partial charge on any atom is 0.200 e. The number of piperidine rings is 1. The number of fused-ring (bicyclic) bond motifs is 1. The lowest BCUT2D eigenvalue weighted by Gasteiger charge is -2.27. The van der Waals surface area contributed by atoms with Crippen LogP contribution in [0.1, 0.15) is 19.3 Å². The molecule has 2 fully saturated rings. The van der Waals surface area contributed by atoms with Crippen LogP contribution < -0.4 is 15.6 Å². The van der Waals surface area contributed by atoms with Gasteiger partial charge in [0.2, 0.25) is 0 Å². The summed E-state index contributed by atoms with van der Waals surface area (Å²) >= 11 is 0. The molecular weight excluding hydrogens is 292 g/mol. The summed E-state index contributed by atoms with van der Waals surface area (Å²) in [5.41, 5.74) is 0.648. The van der Waals surface area contributed by atoms with E-state index in [9.17, 15) is 4.79 Å². The third kappa shape index (κ3) is 4.33. The Morgan fingerprint density at radius 2 is 1.74 bits per heavy atom. The van der Waals surface area contributed by atoms with Gasteiger partial charge in [-0.1, -0.05) is 18.6 Å². The first-order valence-electron chi connectivity index (χ1n) is 8.41. The van der Waals surface area contributed by atoms with Crippen LogP contribution in [-0.2, 0) is 4.74 Å². The Morgan fingerprint density at radius 3 is 2.39 bits per heavy atom. The average molecular weight is 316 g/mol. The number of morpholine rings is 1. The van der Waals surface area contributed by atoms with Gasteiger partial charge in [-0.15, -0.1) is 0 Å². The molecule has 0 aliphatic carbocycles. The number of ether oxygens (including phenoxy) is 1. The second-order valence-corrected chi connectivity index (χ2v) is 5.86. The van der Waals surface area contributed by atoms with Crippen molar-refractivity contribution in [1.29, 1.82) is 0 Å². The van der Waals surface area contributed by atoms with Crippen LogP contribution in [0.5, 0.6) is 0 Å². The SMILES string of the molecule is C1CCNCC1.O=c1cc(N2CCOCC2)oc2ccccc12. The van der Waals surface area contributed by atoms with Gasteiger partial charge in [-0.25, -0.2) is 0 Å². The van der Waals surface area contributed by atoms with E-state index in [2.05, 4.69) is 5.32 Å². The number of benzene rings is 1. The van der Waals surface area contributed by atoms with E-state index in [-0.39, 0.29) is 5.43 Å². The van der Waals surface area contributed by atoms with Crippen LogP contribution >= 0.6 is 0 Å². The van der Waals surface area contributed by atoms with E-state index in [1.54, 1.807) is 12.1 Å². The van der Waals surface area contributed by atoms with Gasteiger partial charge in [0.05, 0.1) is 18.6 Å². The van der Waals surface area contributed by atoms with Gasteiger partial charge in [0.25, 0.3) is 0 Å². The van der Waals surface area contributed by atoms with Crippen molar-refractivity contribution >= 4 is 16.9 Å². The average Bonchev–Trinajstić information content (AvgIpc) is 2.64. The van der Waals surface area contributed by atoms with Crippen LogP contribution in [0, 0.1) is 0 Å². The molecule has 3 heterocycles. The highest BCUT2D eigenvalue weighted by Gasteiger charge is 2.14. The minimum atomic E-state index is 0.00772. The van der Waals surface area contributed by atoms with Crippen molar-refractivity contribution in [2.45, 2.75) is 19.3 Å². The fourth-order valence-corrected chi connectivity index (χ4v) is 2.83. The van der Waals surface area contributed by atoms with Crippen molar-refractivity contribution in [2.24, 2.45) is 0 Å². The Bertz CT molecular complexity index is 662. The van der Waals surface area contributed by atoms with Crippen molar-refractivity contribution < 1.29 is 9.15 Å². The van der Waals surface area contributed by atoms with E-state index in [1.807, 2.05) is 23.1 Å². The zero-order valence-corrected chi connectivity index (χ0v) is 13.4. The van der Waals surface area contributed by atoms with Crippen molar-refractivity contribution in [3.05, 3.63) is 40.6 Å². The second kappa shape index (κ2) is 8.13. The third-order valence-corrected chi connectivity index (χ3v) is 4.15. The highest BCUT2D eigenvalue weighted by Crippen LogP contribution is 2.19. The van der Waals surface area contributed by atoms with E-state index in [1.165, 1.54) is 32.4 Å². The van der Waals surface area contributed by atoms with Crippen LogP contribution in [0.15, 0.2) is 39.5 Å². The quantitative estimate of drug-likeness (QED) is 0.875. The summed E-state index contributed by atoms with van der Waals surface area (Å²) in [5.74, 6) is 0.636. The summed E-state index contributed by atoms with van der Waals surface area (Å²) in [5, 5.41) is 3.91. The van der Waals surface area contributed by atoms with E-state index < -0.39 is 0 Å². The lowest BCUT2D eigenvalue weighted by atomic mass is 10.2. The summed E-state index contributed by atoms with van der Waals surface area (Å²) in [6.07, 6.45) is 4.22. The normalized spacial score (nSPS) is 18.3. The monoisotopic (exact) mass is 316 g/mol. The molecule has 0 amide bonds. The van der Waals surface area contributed by atoms with E-state index in [0.29, 0.717) is 30.1 Å². The summed E-state index contributed by atoms with van der Waals surface area (Å²) in [4.78, 5) is 14.0. The molecule has 1 aromatic carbocycles. The summed E-state index contributed by atoms with van der Waals surface area (Å²) in [6.45, 7) is 5.38. The smallest absolute Gasteiger partial charge is 0.200 e. The lowest BCUT2D eigenvalue weighted by molar-refractivity contribution is 0.121. The number of para-hydroxylation sites is 1. The Hall–Kier alpha value is -1.85. The minimum Gasteiger partial charge on any atom is -0.440 e. The first-order chi connectivity index (χ1) is 11.3. The summed E-state index contributed by atoms with van der Waals surface area (Å²) in [6, 6.07) is 8.88. The number of nitrogens with zero attached hydrogens (tertiary/aromatic N) is 1. The van der Waals surface area contributed by atoms with Crippen LogP contribution in [0.2, 0.25) is 0 Å². The van der Waals surface area contributed by atoms with E-state index >= 15 is 0 Å². The van der Waals surface area contributed by atoms with E-state index in [4.69, 9.17) is 9.15 Å². The molecule has 23 heavy (non-hydrogen) atoms. The third-order valence-electron chi connectivity index (χ3n) is 4.15. The highest BCUT2D eigenvalue weighted by molar-refractivity contribution is 5.77. The molecule has 0 atom stereocenters. The first-order valence-corrected chi connectivity index (χ1v) is 8.41. The zero-order chi connectivity index (χ0) is 15.9. The molecule has 2 aliphatic rings. The largest absolute Gasteiger partial charge is 0.440 e. The summed E-state index contributed by atoms with van der Waals surface area (Å²) in [7, 11) is 0. The van der Waals surface area contributed by atoms with Gasteiger partial charge in [-0.3, -0.25) is 4.79 Å². The topological polar surface area (TPSA) is 54.7 Å². The van der Waals surface area contributed by atoms with Gasteiger partial charge in [0.1, 0.15) is 5.58 Å². The molecule has 2 aromatic rings. The number of anilines is 1. The van der Waals surface area contributed by atoms with Crippen LogP contribution in [0.25, 0.3) is 11.0 Å². The highest BCUT2D eigenvalue weighted by atomic mass is 16.5. The van der Waals surface area contributed by atoms with Crippen molar-refractivity contribution in [1.82, 2.24) is 5.32 Å². The van der Waals surface area contributed by atoms with Crippen molar-refractivity contribution in [3.63, 3.8) is 0 Å². The van der Waals surface area contributed by atoms with E-state index in [0.717, 1.165) is 13.1 Å². The van der Waals surface area contributed by atoms with Crippen LogP contribution in [-0.4, -0.2) is 39.4 Å². The standard InChI is InChI=1S/C13H13NO3.C5H11N/c15-11-9-13(14-5-7-16-8-6-14)17-12-4-2-1-3-10(11)12;1-2-4-6-5-3-1/h1-4,9H,5-8H2;6H,1-5H2. The van der Waals surface area contributed by atoms with Gasteiger partial charge in [-0.05, 0) is 38.1 Å². The molecule has 0 spiro atoms. The number of hydrogen-bond acceptors (Lipinski definition) is 5. The summed E-state index contributed by atoms with van der Waals surface area (Å²) < 4.78 is 11.0. The Kier molecular flexibility index (Phi) is 5.66. The molecule has 0 saturated carbocycles. The predicted octanol–water partition coefficient (Wildman–Crippen LogP) is 2.39. The number of nitrogens with one attached hydrogen (secondary N) is 1. The van der Waals surface area contributed by atoms with Gasteiger partial charge in [0.15, 0.2) is 11.3 Å². The van der Waals surface area contributed by atoms with Gasteiger partial charge >= 0.3 is 0 Å². The molecule has 0 unspecified atom stereocenters. The fraction of sp³-hybridized carbons (Fsp3) is 0.500. The molecule has 4 rings (SSSR count). The molecule has 2 saturated heterocycles. The fourth-order valence-electron chi connectivity index (χ4n) is 2.83. The maximum absolute atomic E-state index is 11.9. The first kappa shape index (κ1) is 16.0. The Morgan fingerprint density at radius 1 is 1.00 bits per heavy atom. The number of hydrogen-bond donors (Lipinski definition) is 1. The molecule has 0 bridgehead atoms. The predicted molar refractivity (Wildman–Crippen MR) is 92.2 cm³/mol. The van der Waals surface area contributed by atoms with Gasteiger partial charge < -0.3 is 19.4 Å². The van der Waals surface area contributed by atoms with Crippen LogP contribution in [0.3, 0.4) is 0 Å². The molecule has 5 heteroatoms. The molecule has 124 valence electrons.